The number of allylic oxidation sites excluding steroid dienone is 1. The molecule has 9 atom stereocenters. The maximum atomic E-state index is 12.2. The Bertz CT molecular complexity index is 803. The van der Waals surface area contributed by atoms with Crippen LogP contribution in [0.3, 0.4) is 0 Å². The molecule has 3 saturated carbocycles. The maximum Gasteiger partial charge on any atom is 0.302 e. The fourth-order valence-electron chi connectivity index (χ4n) is 9.82. The molecule has 5 heteroatoms. The zero-order valence-corrected chi connectivity index (χ0v) is 21.7. The van der Waals surface area contributed by atoms with Gasteiger partial charge in [-0.2, -0.15) is 0 Å². The van der Waals surface area contributed by atoms with Gasteiger partial charge in [0.25, 0.3) is 0 Å². The molecule has 0 N–H and O–H groups in total. The van der Waals surface area contributed by atoms with Crippen LogP contribution in [-0.2, 0) is 14.3 Å². The summed E-state index contributed by atoms with van der Waals surface area (Å²) in [6.45, 7) is 13.0. The van der Waals surface area contributed by atoms with E-state index in [1.165, 1.54) is 64.5 Å². The number of fused-ring (bicyclic) bond motifs is 5. The zero-order valence-electron chi connectivity index (χ0n) is 21.7. The molecule has 34 heavy (non-hydrogen) atoms. The van der Waals surface area contributed by atoms with E-state index in [0.717, 1.165) is 44.1 Å². The third-order valence-corrected chi connectivity index (χ3v) is 11.5. The number of nitrogens with zero attached hydrogens (tertiary/aromatic N) is 2. The van der Waals surface area contributed by atoms with E-state index >= 15 is 0 Å². The molecule has 6 aliphatic rings. The van der Waals surface area contributed by atoms with Crippen LogP contribution in [0.1, 0.15) is 72.1 Å². The predicted octanol–water partition coefficient (Wildman–Crippen LogP) is 4.51. The van der Waals surface area contributed by atoms with E-state index in [-0.39, 0.29) is 17.5 Å². The van der Waals surface area contributed by atoms with Gasteiger partial charge >= 0.3 is 5.97 Å². The third-order valence-electron chi connectivity index (χ3n) is 11.5. The minimum absolute atomic E-state index is 0.0759. The zero-order chi connectivity index (χ0) is 23.5. The lowest BCUT2D eigenvalue weighted by atomic mass is 9.46. The molecule has 0 radical (unpaired) electrons. The summed E-state index contributed by atoms with van der Waals surface area (Å²) >= 11 is 0. The summed E-state index contributed by atoms with van der Waals surface area (Å²) in [4.78, 5) is 17.6. The van der Waals surface area contributed by atoms with Crippen molar-refractivity contribution in [1.29, 1.82) is 0 Å². The Labute approximate surface area is 206 Å². The minimum Gasteiger partial charge on any atom is -0.460 e. The average molecular weight is 471 g/mol. The predicted molar refractivity (Wildman–Crippen MR) is 133 cm³/mol. The maximum absolute atomic E-state index is 12.2. The highest BCUT2D eigenvalue weighted by atomic mass is 16.5. The first kappa shape index (κ1) is 23.5. The van der Waals surface area contributed by atoms with Gasteiger partial charge in [-0.3, -0.25) is 14.6 Å². The lowest BCUT2D eigenvalue weighted by Crippen LogP contribution is -2.56. The van der Waals surface area contributed by atoms with Crippen LogP contribution in [0.25, 0.3) is 0 Å². The second kappa shape index (κ2) is 8.88. The Kier molecular flexibility index (Phi) is 6.14. The van der Waals surface area contributed by atoms with E-state index in [9.17, 15) is 4.79 Å². The molecule has 5 fully saturated rings. The number of hydrogen-bond acceptors (Lipinski definition) is 5. The van der Waals surface area contributed by atoms with Gasteiger partial charge in [-0.25, -0.2) is 0 Å². The van der Waals surface area contributed by atoms with Gasteiger partial charge in [0, 0.05) is 37.5 Å². The number of likely N-dealkylation sites (tertiary alicyclic amines) is 1. The molecule has 0 bridgehead atoms. The molecule has 190 valence electrons. The highest BCUT2D eigenvalue weighted by Gasteiger charge is 2.64. The smallest absolute Gasteiger partial charge is 0.302 e. The molecule has 6 rings (SSSR count). The first-order valence-corrected chi connectivity index (χ1v) is 14.3. The van der Waals surface area contributed by atoms with E-state index in [2.05, 4.69) is 35.8 Å². The number of morpholine rings is 1. The second-order valence-electron chi connectivity index (χ2n) is 13.0. The summed E-state index contributed by atoms with van der Waals surface area (Å²) in [6.07, 6.45) is 15.6. The van der Waals surface area contributed by atoms with Crippen molar-refractivity contribution in [2.45, 2.75) is 90.3 Å². The van der Waals surface area contributed by atoms with Crippen molar-refractivity contribution < 1.29 is 14.3 Å². The lowest BCUT2D eigenvalue weighted by Gasteiger charge is -2.60. The summed E-state index contributed by atoms with van der Waals surface area (Å²) < 4.78 is 11.9. The Balaban J connectivity index is 1.27. The molecule has 2 aliphatic heterocycles. The summed E-state index contributed by atoms with van der Waals surface area (Å²) in [5.74, 6) is 2.91. The molecule has 0 spiro atoms. The lowest BCUT2D eigenvalue weighted by molar-refractivity contribution is -0.163. The monoisotopic (exact) mass is 470 g/mol. The van der Waals surface area contributed by atoms with Crippen molar-refractivity contribution in [2.75, 3.05) is 39.4 Å². The molecule has 2 saturated heterocycles. The first-order chi connectivity index (χ1) is 16.4. The first-order valence-electron chi connectivity index (χ1n) is 14.3. The summed E-state index contributed by atoms with van der Waals surface area (Å²) in [5, 5.41) is 0. The molecule has 0 aromatic heterocycles. The minimum atomic E-state index is -0.0837. The normalized spacial score (nSPS) is 49.3. The Morgan fingerprint density at radius 3 is 2.44 bits per heavy atom. The SMILES string of the molecule is CC(=O)O[C@H]1[C@@H](N2CCCC2)CC2C3CC[C@H]4C=C[C@@H](N5CCOCC5)C[C@]4(C)C3CC[C@@]21C. The van der Waals surface area contributed by atoms with Crippen LogP contribution in [0.5, 0.6) is 0 Å². The molecule has 4 aliphatic carbocycles. The van der Waals surface area contributed by atoms with Gasteiger partial charge in [-0.1, -0.05) is 26.0 Å². The molecular formula is C29H46N2O3. The van der Waals surface area contributed by atoms with E-state index in [0.29, 0.717) is 23.4 Å². The average Bonchev–Trinajstić information content (AvgIpc) is 3.45. The van der Waals surface area contributed by atoms with Crippen molar-refractivity contribution in [1.82, 2.24) is 9.80 Å². The fourth-order valence-corrected chi connectivity index (χ4v) is 9.82. The number of rotatable bonds is 3. The van der Waals surface area contributed by atoms with Crippen LogP contribution < -0.4 is 0 Å². The van der Waals surface area contributed by atoms with E-state index in [1.54, 1.807) is 6.92 Å². The number of carbonyl (C=O) groups is 1. The van der Waals surface area contributed by atoms with Crippen LogP contribution in [-0.4, -0.2) is 73.3 Å². The second-order valence-corrected chi connectivity index (χ2v) is 13.0. The van der Waals surface area contributed by atoms with Crippen LogP contribution in [0.4, 0.5) is 0 Å². The Morgan fingerprint density at radius 2 is 1.71 bits per heavy atom. The van der Waals surface area contributed by atoms with Crippen molar-refractivity contribution in [3.05, 3.63) is 12.2 Å². The summed E-state index contributed by atoms with van der Waals surface area (Å²) in [6, 6.07) is 1.00. The van der Waals surface area contributed by atoms with Gasteiger partial charge in [0.1, 0.15) is 6.10 Å². The summed E-state index contributed by atoms with van der Waals surface area (Å²) in [5.41, 5.74) is 0.530. The van der Waals surface area contributed by atoms with E-state index < -0.39 is 0 Å². The van der Waals surface area contributed by atoms with Crippen molar-refractivity contribution >= 4 is 5.97 Å². The Hall–Kier alpha value is -0.910. The van der Waals surface area contributed by atoms with Gasteiger partial charge in [0.2, 0.25) is 0 Å². The fraction of sp³-hybridized carbons (Fsp3) is 0.897. The molecule has 5 nitrogen and oxygen atoms in total. The van der Waals surface area contributed by atoms with Crippen LogP contribution >= 0.6 is 0 Å². The standard InChI is InChI=1S/C29H46N2O3/c1-20(32)34-27-26(31-12-4-5-13-31)18-25-23-9-7-21-6-8-22(30-14-16-33-17-15-30)19-29(21,3)24(23)10-11-28(25,27)2/h6,8,21-27H,4-5,7,9-19H2,1-3H3/t21-,22-,23?,24?,25?,26+,27+,28+,29+/m1/s1. The molecular weight excluding hydrogens is 424 g/mol. The van der Waals surface area contributed by atoms with Crippen LogP contribution in [0.2, 0.25) is 0 Å². The van der Waals surface area contributed by atoms with Gasteiger partial charge in [-0.15, -0.1) is 0 Å². The molecule has 0 amide bonds. The number of esters is 1. The van der Waals surface area contributed by atoms with E-state index in [1.807, 2.05) is 0 Å². The van der Waals surface area contributed by atoms with Gasteiger partial charge in [-0.05, 0) is 93.5 Å². The highest BCUT2D eigenvalue weighted by molar-refractivity contribution is 5.66. The summed E-state index contributed by atoms with van der Waals surface area (Å²) in [7, 11) is 0. The van der Waals surface area contributed by atoms with Gasteiger partial charge < -0.3 is 9.47 Å². The highest BCUT2D eigenvalue weighted by Crippen LogP contribution is 2.66. The third kappa shape index (κ3) is 3.71. The number of ether oxygens (including phenoxy) is 2. The van der Waals surface area contributed by atoms with Crippen LogP contribution in [0, 0.1) is 34.5 Å². The number of hydrogen-bond donors (Lipinski definition) is 0. The van der Waals surface area contributed by atoms with Crippen molar-refractivity contribution in [2.24, 2.45) is 34.5 Å². The molecule has 0 aromatic rings. The van der Waals surface area contributed by atoms with Gasteiger partial charge in [0.15, 0.2) is 0 Å². The molecule has 3 unspecified atom stereocenters. The van der Waals surface area contributed by atoms with Crippen LogP contribution in [0.15, 0.2) is 12.2 Å². The number of carbonyl (C=O) groups excluding carboxylic acids is 1. The topological polar surface area (TPSA) is 42.0 Å². The quantitative estimate of drug-likeness (QED) is 0.448. The van der Waals surface area contributed by atoms with Gasteiger partial charge in [0.05, 0.1) is 13.2 Å². The Morgan fingerprint density at radius 1 is 0.941 bits per heavy atom. The van der Waals surface area contributed by atoms with Crippen molar-refractivity contribution in [3.63, 3.8) is 0 Å². The largest absolute Gasteiger partial charge is 0.460 e. The molecule has 0 aromatic carbocycles. The molecule has 2 heterocycles. The van der Waals surface area contributed by atoms with E-state index in [4.69, 9.17) is 9.47 Å². The van der Waals surface area contributed by atoms with Crippen molar-refractivity contribution in [3.8, 4) is 0 Å².